The maximum absolute atomic E-state index is 12.6. The Balaban J connectivity index is 1.65. The number of nitrogens with zero attached hydrogens (tertiary/aromatic N) is 1. The fourth-order valence-corrected chi connectivity index (χ4v) is 3.72. The molecule has 2 aliphatic heterocycles. The number of hydrogen-bond acceptors (Lipinski definition) is 5. The van der Waals surface area contributed by atoms with E-state index in [1.54, 1.807) is 4.90 Å². The molecule has 0 aliphatic carbocycles. The smallest absolute Gasteiger partial charge is 0.270 e. The van der Waals surface area contributed by atoms with Crippen molar-refractivity contribution in [2.45, 2.75) is 0 Å². The van der Waals surface area contributed by atoms with Gasteiger partial charge in [0, 0.05) is 0 Å². The largest absolute Gasteiger partial charge is 0.454 e. The number of anilines is 1. The molecule has 4 nitrogen and oxygen atoms in total. The standard InChI is InChI=1S/C17H11NO3S2/c19-16-15(9-11-6-7-13-14(8-11)21-10-20-13)23-17(22)18(16)12-4-2-1-3-5-12/h1-9H,10H2/b15-9-. The number of amides is 1. The molecule has 0 atom stereocenters. The Hall–Kier alpha value is -2.31. The average molecular weight is 341 g/mol. The van der Waals surface area contributed by atoms with Gasteiger partial charge in [-0.2, -0.15) is 0 Å². The van der Waals surface area contributed by atoms with Crippen molar-refractivity contribution in [3.63, 3.8) is 0 Å². The summed E-state index contributed by atoms with van der Waals surface area (Å²) in [6, 6.07) is 15.0. The lowest BCUT2D eigenvalue weighted by atomic mass is 10.2. The molecule has 0 saturated carbocycles. The van der Waals surface area contributed by atoms with Crippen LogP contribution in [0.5, 0.6) is 11.5 Å². The molecule has 2 aromatic carbocycles. The van der Waals surface area contributed by atoms with Gasteiger partial charge in [-0.1, -0.05) is 48.2 Å². The molecule has 2 heterocycles. The molecule has 0 N–H and O–H groups in total. The predicted octanol–water partition coefficient (Wildman–Crippen LogP) is 3.82. The van der Waals surface area contributed by atoms with Crippen molar-refractivity contribution in [1.82, 2.24) is 0 Å². The Morgan fingerprint density at radius 1 is 1.09 bits per heavy atom. The quantitative estimate of drug-likeness (QED) is 0.613. The Bertz CT molecular complexity index is 833. The van der Waals surface area contributed by atoms with E-state index in [9.17, 15) is 4.79 Å². The summed E-state index contributed by atoms with van der Waals surface area (Å²) in [5, 5.41) is 0. The molecule has 1 saturated heterocycles. The lowest BCUT2D eigenvalue weighted by molar-refractivity contribution is -0.113. The molecular weight excluding hydrogens is 330 g/mol. The summed E-state index contributed by atoms with van der Waals surface area (Å²) in [6.45, 7) is 0.231. The van der Waals surface area contributed by atoms with Gasteiger partial charge in [0.2, 0.25) is 6.79 Å². The van der Waals surface area contributed by atoms with Gasteiger partial charge in [-0.15, -0.1) is 0 Å². The summed E-state index contributed by atoms with van der Waals surface area (Å²) in [7, 11) is 0. The first-order valence-corrected chi connectivity index (χ1v) is 8.17. The summed E-state index contributed by atoms with van der Waals surface area (Å²) >= 11 is 6.66. The SMILES string of the molecule is O=C1/C(=C/c2ccc3c(c2)OCO3)SC(=S)N1c1ccccc1. The summed E-state index contributed by atoms with van der Waals surface area (Å²) in [6.07, 6.45) is 1.82. The molecule has 4 rings (SSSR count). The summed E-state index contributed by atoms with van der Waals surface area (Å²) in [5.41, 5.74) is 1.66. The second kappa shape index (κ2) is 5.72. The van der Waals surface area contributed by atoms with Crippen LogP contribution >= 0.6 is 24.0 Å². The van der Waals surface area contributed by atoms with Crippen LogP contribution in [0.1, 0.15) is 5.56 Å². The molecule has 1 amide bonds. The minimum absolute atomic E-state index is 0.108. The van der Waals surface area contributed by atoms with Crippen LogP contribution in [0.15, 0.2) is 53.4 Å². The van der Waals surface area contributed by atoms with Gasteiger partial charge in [-0.3, -0.25) is 9.69 Å². The van der Waals surface area contributed by atoms with Gasteiger partial charge < -0.3 is 9.47 Å². The van der Waals surface area contributed by atoms with E-state index >= 15 is 0 Å². The van der Waals surface area contributed by atoms with E-state index in [-0.39, 0.29) is 12.7 Å². The van der Waals surface area contributed by atoms with Crippen LogP contribution < -0.4 is 14.4 Å². The zero-order valence-corrected chi connectivity index (χ0v) is 13.5. The lowest BCUT2D eigenvalue weighted by Gasteiger charge is -2.13. The Morgan fingerprint density at radius 2 is 1.87 bits per heavy atom. The average Bonchev–Trinajstić information content (AvgIpc) is 3.13. The molecule has 0 unspecified atom stereocenters. The molecule has 1 fully saturated rings. The third-order valence-electron chi connectivity index (χ3n) is 3.50. The second-order valence-electron chi connectivity index (χ2n) is 4.97. The third-order valence-corrected chi connectivity index (χ3v) is 4.80. The van der Waals surface area contributed by atoms with E-state index in [1.807, 2.05) is 54.6 Å². The number of para-hydroxylation sites is 1. The normalized spacial score (nSPS) is 18.1. The fourth-order valence-electron chi connectivity index (χ4n) is 2.42. The maximum atomic E-state index is 12.6. The van der Waals surface area contributed by atoms with E-state index in [0.717, 1.165) is 17.0 Å². The number of ether oxygens (including phenoxy) is 2. The maximum Gasteiger partial charge on any atom is 0.270 e. The van der Waals surface area contributed by atoms with Gasteiger partial charge in [0.25, 0.3) is 5.91 Å². The van der Waals surface area contributed by atoms with E-state index in [0.29, 0.717) is 15.0 Å². The molecule has 2 aromatic rings. The highest BCUT2D eigenvalue weighted by Crippen LogP contribution is 2.38. The predicted molar refractivity (Wildman–Crippen MR) is 94.7 cm³/mol. The van der Waals surface area contributed by atoms with Crippen LogP contribution in [-0.4, -0.2) is 17.0 Å². The first-order valence-electron chi connectivity index (χ1n) is 6.95. The van der Waals surface area contributed by atoms with Gasteiger partial charge in [0.05, 0.1) is 10.6 Å². The van der Waals surface area contributed by atoms with Crippen LogP contribution in [0.3, 0.4) is 0 Å². The number of thiocarbonyl (C=S) groups is 1. The monoisotopic (exact) mass is 341 g/mol. The zero-order valence-electron chi connectivity index (χ0n) is 11.9. The van der Waals surface area contributed by atoms with Crippen LogP contribution in [0.25, 0.3) is 6.08 Å². The number of rotatable bonds is 2. The number of thioether (sulfide) groups is 1. The highest BCUT2D eigenvalue weighted by Gasteiger charge is 2.33. The van der Waals surface area contributed by atoms with Crippen molar-refractivity contribution >= 4 is 46.0 Å². The first-order chi connectivity index (χ1) is 11.2. The molecule has 0 aromatic heterocycles. The van der Waals surface area contributed by atoms with Crippen molar-refractivity contribution in [2.75, 3.05) is 11.7 Å². The first kappa shape index (κ1) is 14.3. The molecule has 0 bridgehead atoms. The summed E-state index contributed by atoms with van der Waals surface area (Å²) in [4.78, 5) is 14.8. The number of fused-ring (bicyclic) bond motifs is 1. The van der Waals surface area contributed by atoms with Gasteiger partial charge in [-0.25, -0.2) is 0 Å². The minimum Gasteiger partial charge on any atom is -0.454 e. The van der Waals surface area contributed by atoms with Crippen LogP contribution in [0.4, 0.5) is 5.69 Å². The molecule has 6 heteroatoms. The van der Waals surface area contributed by atoms with Crippen molar-refractivity contribution in [1.29, 1.82) is 0 Å². The van der Waals surface area contributed by atoms with Gasteiger partial charge in [0.1, 0.15) is 0 Å². The van der Waals surface area contributed by atoms with Crippen molar-refractivity contribution in [2.24, 2.45) is 0 Å². The minimum atomic E-state index is -0.108. The van der Waals surface area contributed by atoms with Crippen LogP contribution in [0, 0.1) is 0 Å². The van der Waals surface area contributed by atoms with Gasteiger partial charge in [-0.05, 0) is 35.9 Å². The van der Waals surface area contributed by atoms with Crippen LogP contribution in [-0.2, 0) is 4.79 Å². The molecule has 114 valence electrons. The highest BCUT2D eigenvalue weighted by atomic mass is 32.2. The van der Waals surface area contributed by atoms with Gasteiger partial charge in [0.15, 0.2) is 15.8 Å². The van der Waals surface area contributed by atoms with Crippen molar-refractivity contribution < 1.29 is 14.3 Å². The number of carbonyl (C=O) groups is 1. The molecule has 0 spiro atoms. The molecule has 0 radical (unpaired) electrons. The Labute approximate surface area is 142 Å². The third kappa shape index (κ3) is 2.60. The van der Waals surface area contributed by atoms with E-state index in [1.165, 1.54) is 11.8 Å². The molecule has 2 aliphatic rings. The number of benzene rings is 2. The van der Waals surface area contributed by atoms with E-state index < -0.39 is 0 Å². The molecule has 23 heavy (non-hydrogen) atoms. The summed E-state index contributed by atoms with van der Waals surface area (Å²) < 4.78 is 11.2. The zero-order chi connectivity index (χ0) is 15.8. The highest BCUT2D eigenvalue weighted by molar-refractivity contribution is 8.27. The topological polar surface area (TPSA) is 38.8 Å². The van der Waals surface area contributed by atoms with Crippen molar-refractivity contribution in [3.8, 4) is 11.5 Å². The number of carbonyl (C=O) groups excluding carboxylic acids is 1. The lowest BCUT2D eigenvalue weighted by Crippen LogP contribution is -2.27. The van der Waals surface area contributed by atoms with Crippen LogP contribution in [0.2, 0.25) is 0 Å². The van der Waals surface area contributed by atoms with E-state index in [2.05, 4.69) is 0 Å². The Morgan fingerprint density at radius 3 is 2.70 bits per heavy atom. The van der Waals surface area contributed by atoms with Crippen molar-refractivity contribution in [3.05, 3.63) is 59.0 Å². The second-order valence-corrected chi connectivity index (χ2v) is 6.64. The fraction of sp³-hybridized carbons (Fsp3) is 0.0588. The molecular formula is C17H11NO3S2. The Kier molecular flexibility index (Phi) is 3.55. The van der Waals surface area contributed by atoms with E-state index in [4.69, 9.17) is 21.7 Å². The summed E-state index contributed by atoms with van der Waals surface area (Å²) in [5.74, 6) is 1.31. The van der Waals surface area contributed by atoms with Gasteiger partial charge >= 0.3 is 0 Å². The number of hydrogen-bond donors (Lipinski definition) is 0.